The van der Waals surface area contributed by atoms with E-state index in [1.54, 1.807) is 0 Å². The van der Waals surface area contributed by atoms with Crippen LogP contribution in [0.15, 0.2) is 0 Å². The Morgan fingerprint density at radius 2 is 2.00 bits per heavy atom. The minimum atomic E-state index is 0.558. The second-order valence-electron chi connectivity index (χ2n) is 4.24. The molecule has 3 nitrogen and oxygen atoms in total. The molecule has 2 unspecified atom stereocenters. The monoisotopic (exact) mass is 229 g/mol. The molecule has 2 heterocycles. The van der Waals surface area contributed by atoms with E-state index in [2.05, 4.69) is 15.1 Å². The van der Waals surface area contributed by atoms with Gasteiger partial charge in [0.1, 0.15) is 5.01 Å². The summed E-state index contributed by atoms with van der Waals surface area (Å²) in [5.74, 6) is 1.94. The third kappa shape index (κ3) is 1.55. The van der Waals surface area contributed by atoms with E-state index in [1.165, 1.54) is 37.3 Å². The van der Waals surface area contributed by atoms with Crippen LogP contribution in [0.5, 0.6) is 0 Å². The second-order valence-corrected chi connectivity index (χ2v) is 5.88. The van der Waals surface area contributed by atoms with Crippen molar-refractivity contribution < 1.29 is 0 Å². The zero-order valence-corrected chi connectivity index (χ0v) is 9.39. The Labute approximate surface area is 92.1 Å². The summed E-state index contributed by atoms with van der Waals surface area (Å²) >= 11 is 7.24. The molecule has 0 amide bonds. The summed E-state index contributed by atoms with van der Waals surface area (Å²) in [6.45, 7) is 3.45. The molecule has 0 spiro atoms. The molecule has 2 aliphatic rings. The fourth-order valence-electron chi connectivity index (χ4n) is 2.47. The van der Waals surface area contributed by atoms with Gasteiger partial charge in [0.05, 0.1) is 6.54 Å². The first kappa shape index (κ1) is 9.07. The van der Waals surface area contributed by atoms with Crippen LogP contribution in [0.25, 0.3) is 0 Å². The molecule has 1 aromatic heterocycles. The molecule has 1 aliphatic carbocycles. The van der Waals surface area contributed by atoms with Gasteiger partial charge in [0.25, 0.3) is 0 Å². The summed E-state index contributed by atoms with van der Waals surface area (Å²) in [7, 11) is 0. The van der Waals surface area contributed by atoms with Crippen molar-refractivity contribution in [2.24, 2.45) is 11.8 Å². The Bertz CT molecular complexity index is 329. The third-order valence-corrected chi connectivity index (χ3v) is 4.36. The van der Waals surface area contributed by atoms with Gasteiger partial charge in [-0.3, -0.25) is 4.90 Å². The van der Waals surface area contributed by atoms with Gasteiger partial charge in [-0.2, -0.15) is 0 Å². The van der Waals surface area contributed by atoms with E-state index >= 15 is 0 Å². The molecule has 3 rings (SSSR count). The highest BCUT2D eigenvalue weighted by molar-refractivity contribution is 7.15. The van der Waals surface area contributed by atoms with Crippen LogP contribution in [0.3, 0.4) is 0 Å². The predicted molar refractivity (Wildman–Crippen MR) is 56.4 cm³/mol. The summed E-state index contributed by atoms with van der Waals surface area (Å²) in [6, 6.07) is 0. The highest BCUT2D eigenvalue weighted by Gasteiger charge is 2.39. The molecule has 1 saturated carbocycles. The molecular weight excluding hydrogens is 218 g/mol. The van der Waals surface area contributed by atoms with E-state index in [-0.39, 0.29) is 0 Å². The lowest BCUT2D eigenvalue weighted by atomic mass is 9.77. The van der Waals surface area contributed by atoms with Gasteiger partial charge in [-0.05, 0) is 36.3 Å². The van der Waals surface area contributed by atoms with Gasteiger partial charge in [0.15, 0.2) is 0 Å². The van der Waals surface area contributed by atoms with Crippen molar-refractivity contribution in [3.05, 3.63) is 9.47 Å². The van der Waals surface area contributed by atoms with Gasteiger partial charge in [-0.25, -0.2) is 0 Å². The standard InChI is InChI=1S/C9H12ClN3S/c10-9-12-11-8(14-9)5-13-3-6-1-2-7(6)4-13/h6-7H,1-5H2. The highest BCUT2D eigenvalue weighted by Crippen LogP contribution is 2.40. The van der Waals surface area contributed by atoms with Gasteiger partial charge in [-0.1, -0.05) is 11.3 Å². The average molecular weight is 230 g/mol. The van der Waals surface area contributed by atoms with E-state index < -0.39 is 0 Å². The number of fused-ring (bicyclic) bond motifs is 1. The van der Waals surface area contributed by atoms with Crippen molar-refractivity contribution in [2.45, 2.75) is 19.4 Å². The van der Waals surface area contributed by atoms with E-state index in [0.29, 0.717) is 4.47 Å². The Hall–Kier alpha value is -0.190. The lowest BCUT2D eigenvalue weighted by Crippen LogP contribution is -2.22. The SMILES string of the molecule is Clc1nnc(CN2CC3CCC3C2)s1. The van der Waals surface area contributed by atoms with E-state index in [4.69, 9.17) is 11.6 Å². The zero-order chi connectivity index (χ0) is 9.54. The first-order valence-electron chi connectivity index (χ1n) is 5.01. The van der Waals surface area contributed by atoms with Crippen LogP contribution in [0.4, 0.5) is 0 Å². The molecule has 2 atom stereocenters. The molecule has 0 bridgehead atoms. The maximum Gasteiger partial charge on any atom is 0.207 e. The topological polar surface area (TPSA) is 29.0 Å². The lowest BCUT2D eigenvalue weighted by molar-refractivity contribution is 0.243. The van der Waals surface area contributed by atoms with Crippen LogP contribution in [0.1, 0.15) is 17.8 Å². The van der Waals surface area contributed by atoms with Gasteiger partial charge in [0.2, 0.25) is 4.47 Å². The molecule has 1 saturated heterocycles. The summed E-state index contributed by atoms with van der Waals surface area (Å²) < 4.78 is 0.558. The Kier molecular flexibility index (Phi) is 2.22. The molecule has 0 N–H and O–H groups in total. The third-order valence-electron chi connectivity index (χ3n) is 3.36. The van der Waals surface area contributed by atoms with Gasteiger partial charge in [0, 0.05) is 13.1 Å². The number of aromatic nitrogens is 2. The number of halogens is 1. The molecule has 0 radical (unpaired) electrons. The Morgan fingerprint density at radius 1 is 1.29 bits per heavy atom. The average Bonchev–Trinajstić information content (AvgIpc) is 2.63. The predicted octanol–water partition coefficient (Wildman–Crippen LogP) is 2.03. The Balaban J connectivity index is 1.62. The normalized spacial score (nSPS) is 31.5. The lowest BCUT2D eigenvalue weighted by Gasteiger charge is -2.28. The molecule has 1 aromatic rings. The van der Waals surface area contributed by atoms with Crippen molar-refractivity contribution >= 4 is 22.9 Å². The maximum atomic E-state index is 5.74. The van der Waals surface area contributed by atoms with E-state index in [0.717, 1.165) is 23.4 Å². The molecule has 5 heteroatoms. The van der Waals surface area contributed by atoms with Gasteiger partial charge >= 0.3 is 0 Å². The minimum absolute atomic E-state index is 0.558. The van der Waals surface area contributed by atoms with Gasteiger partial charge in [-0.15, -0.1) is 10.2 Å². The second kappa shape index (κ2) is 3.43. The quantitative estimate of drug-likeness (QED) is 0.777. The summed E-state index contributed by atoms with van der Waals surface area (Å²) in [4.78, 5) is 2.49. The molecule has 14 heavy (non-hydrogen) atoms. The van der Waals surface area contributed by atoms with Crippen LogP contribution in [0, 0.1) is 11.8 Å². The molecule has 1 aliphatic heterocycles. The van der Waals surface area contributed by atoms with Crippen molar-refractivity contribution in [2.75, 3.05) is 13.1 Å². The minimum Gasteiger partial charge on any atom is -0.296 e. The van der Waals surface area contributed by atoms with Crippen LogP contribution in [0.2, 0.25) is 4.47 Å². The molecule has 76 valence electrons. The van der Waals surface area contributed by atoms with Gasteiger partial charge < -0.3 is 0 Å². The number of likely N-dealkylation sites (tertiary alicyclic amines) is 1. The van der Waals surface area contributed by atoms with E-state index in [9.17, 15) is 0 Å². The van der Waals surface area contributed by atoms with Crippen molar-refractivity contribution in [3.8, 4) is 0 Å². The number of hydrogen-bond acceptors (Lipinski definition) is 4. The molecular formula is C9H12ClN3S. The maximum absolute atomic E-state index is 5.74. The first-order chi connectivity index (χ1) is 6.81. The molecule has 0 aromatic carbocycles. The van der Waals surface area contributed by atoms with Crippen LogP contribution < -0.4 is 0 Å². The smallest absolute Gasteiger partial charge is 0.207 e. The highest BCUT2D eigenvalue weighted by atomic mass is 35.5. The summed E-state index contributed by atoms with van der Waals surface area (Å²) in [5.41, 5.74) is 0. The zero-order valence-electron chi connectivity index (χ0n) is 7.82. The van der Waals surface area contributed by atoms with Crippen molar-refractivity contribution in [3.63, 3.8) is 0 Å². The van der Waals surface area contributed by atoms with Crippen LogP contribution in [-0.2, 0) is 6.54 Å². The first-order valence-corrected chi connectivity index (χ1v) is 6.21. The van der Waals surface area contributed by atoms with Crippen molar-refractivity contribution in [1.29, 1.82) is 0 Å². The fraction of sp³-hybridized carbons (Fsp3) is 0.778. The molecule has 2 fully saturated rings. The number of rotatable bonds is 2. The number of hydrogen-bond donors (Lipinski definition) is 0. The Morgan fingerprint density at radius 3 is 2.50 bits per heavy atom. The number of nitrogens with zero attached hydrogens (tertiary/aromatic N) is 3. The summed E-state index contributed by atoms with van der Waals surface area (Å²) in [6.07, 6.45) is 2.86. The van der Waals surface area contributed by atoms with Crippen LogP contribution >= 0.6 is 22.9 Å². The largest absolute Gasteiger partial charge is 0.296 e. The fourth-order valence-corrected chi connectivity index (χ4v) is 3.38. The van der Waals surface area contributed by atoms with Crippen LogP contribution in [-0.4, -0.2) is 28.2 Å². The van der Waals surface area contributed by atoms with Crippen molar-refractivity contribution in [1.82, 2.24) is 15.1 Å². The van der Waals surface area contributed by atoms with E-state index in [1.807, 2.05) is 0 Å². The summed E-state index contributed by atoms with van der Waals surface area (Å²) in [5, 5.41) is 8.92.